The maximum Gasteiger partial charge on any atom is 0.301 e. The van der Waals surface area contributed by atoms with E-state index in [1.165, 1.54) is 0 Å². The van der Waals surface area contributed by atoms with E-state index in [0.29, 0.717) is 10.7 Å². The van der Waals surface area contributed by atoms with Gasteiger partial charge in [0, 0.05) is 16.6 Å². The van der Waals surface area contributed by atoms with E-state index >= 15 is 0 Å². The van der Waals surface area contributed by atoms with Crippen LogP contribution >= 0.6 is 22.8 Å². The summed E-state index contributed by atoms with van der Waals surface area (Å²) < 4.78 is 0. The van der Waals surface area contributed by atoms with Crippen molar-refractivity contribution in [2.24, 2.45) is 0 Å². The minimum Gasteiger partial charge on any atom is -0.315 e. The molecular formula is C12H14ClNOSSi. The highest BCUT2D eigenvalue weighted by molar-refractivity contribution is 8.32. The number of rotatable bonds is 2. The number of hydrogen-bond donors (Lipinski definition) is 1. The first-order valence-corrected chi connectivity index (χ1v) is 10.5. The zero-order valence-electron chi connectivity index (χ0n) is 10.0. The second-order valence-electron chi connectivity index (χ2n) is 4.40. The molecule has 1 aromatic rings. The van der Waals surface area contributed by atoms with Gasteiger partial charge in [-0.2, -0.15) is 0 Å². The van der Waals surface area contributed by atoms with Crippen LogP contribution in [-0.4, -0.2) is 13.1 Å². The van der Waals surface area contributed by atoms with E-state index in [-0.39, 0.29) is 5.91 Å². The Morgan fingerprint density at radius 3 is 2.41 bits per heavy atom. The lowest BCUT2D eigenvalue weighted by molar-refractivity contribution is -0.111. The molecule has 1 N–H and O–H groups in total. The first-order chi connectivity index (χ1) is 7.87. The monoisotopic (exact) mass is 283 g/mol. The number of halogens is 1. The minimum atomic E-state index is -1.28. The standard InChI is InChI=1S/C12H14ClNOSSi/c1-17(2,3)16-9-8-12(15)14-11-6-4-10(13)5-7-11/h4-7H,1-3H3,(H,14,15). The maximum absolute atomic E-state index is 11.5. The van der Waals surface area contributed by atoms with Gasteiger partial charge in [-0.25, -0.2) is 0 Å². The Bertz CT molecular complexity index is 456. The summed E-state index contributed by atoms with van der Waals surface area (Å²) in [6.45, 7) is 6.55. The number of hydrogen-bond acceptors (Lipinski definition) is 2. The van der Waals surface area contributed by atoms with Crippen LogP contribution in [0.2, 0.25) is 24.7 Å². The zero-order chi connectivity index (χ0) is 12.9. The average Bonchev–Trinajstić information content (AvgIpc) is 2.19. The molecule has 2 nitrogen and oxygen atoms in total. The van der Waals surface area contributed by atoms with Gasteiger partial charge in [-0.15, -0.1) is 11.2 Å². The second kappa shape index (κ2) is 6.15. The molecule has 0 aliphatic rings. The molecular weight excluding hydrogens is 270 g/mol. The summed E-state index contributed by atoms with van der Waals surface area (Å²) in [6, 6.07) is 6.93. The van der Waals surface area contributed by atoms with Gasteiger partial charge in [-0.05, 0) is 29.5 Å². The van der Waals surface area contributed by atoms with E-state index in [2.05, 4.69) is 36.1 Å². The summed E-state index contributed by atoms with van der Waals surface area (Å²) in [5.74, 6) is 2.27. The lowest BCUT2D eigenvalue weighted by Gasteiger charge is -2.07. The van der Waals surface area contributed by atoms with Crippen LogP contribution in [-0.2, 0) is 4.79 Å². The van der Waals surface area contributed by atoms with Crippen LogP contribution in [0.15, 0.2) is 24.3 Å². The third-order valence-corrected chi connectivity index (χ3v) is 4.84. The van der Waals surface area contributed by atoms with Crippen molar-refractivity contribution in [3.05, 3.63) is 29.3 Å². The van der Waals surface area contributed by atoms with Crippen LogP contribution in [0.3, 0.4) is 0 Å². The van der Waals surface area contributed by atoms with Gasteiger partial charge in [0.25, 0.3) is 0 Å². The molecule has 0 saturated heterocycles. The number of carbonyl (C=O) groups excluding carboxylic acids is 1. The van der Waals surface area contributed by atoms with Crippen molar-refractivity contribution >= 4 is 41.6 Å². The number of anilines is 1. The highest BCUT2D eigenvalue weighted by atomic mass is 35.5. The van der Waals surface area contributed by atoms with Crippen LogP contribution < -0.4 is 5.32 Å². The van der Waals surface area contributed by atoms with Gasteiger partial charge >= 0.3 is 5.91 Å². The Morgan fingerprint density at radius 2 is 1.88 bits per heavy atom. The molecule has 17 heavy (non-hydrogen) atoms. The number of carbonyl (C=O) groups is 1. The molecule has 0 unspecified atom stereocenters. The highest BCUT2D eigenvalue weighted by Crippen LogP contribution is 2.17. The highest BCUT2D eigenvalue weighted by Gasteiger charge is 2.11. The van der Waals surface area contributed by atoms with Gasteiger partial charge in [0.1, 0.15) is 7.22 Å². The number of amides is 1. The summed E-state index contributed by atoms with van der Waals surface area (Å²) in [5, 5.41) is 6.18. The van der Waals surface area contributed by atoms with Crippen molar-refractivity contribution in [1.82, 2.24) is 0 Å². The molecule has 0 aromatic heterocycles. The zero-order valence-corrected chi connectivity index (χ0v) is 12.6. The summed E-state index contributed by atoms with van der Waals surface area (Å²) in [7, 11) is -1.28. The molecule has 0 aliphatic carbocycles. The molecule has 1 amide bonds. The molecule has 0 fully saturated rings. The van der Waals surface area contributed by atoms with Crippen molar-refractivity contribution in [3.63, 3.8) is 0 Å². The fourth-order valence-electron chi connectivity index (χ4n) is 0.921. The third-order valence-electron chi connectivity index (χ3n) is 1.62. The smallest absolute Gasteiger partial charge is 0.301 e. The van der Waals surface area contributed by atoms with Crippen LogP contribution in [0.1, 0.15) is 0 Å². The number of nitrogens with one attached hydrogen (secondary N) is 1. The first kappa shape index (κ1) is 14.2. The average molecular weight is 284 g/mol. The normalized spacial score (nSPS) is 10.4. The van der Waals surface area contributed by atoms with E-state index in [1.54, 1.807) is 35.5 Å². The topological polar surface area (TPSA) is 29.1 Å². The molecule has 0 atom stereocenters. The SMILES string of the molecule is C[Si](C)(C)SC#CC(=O)Nc1ccc(Cl)cc1. The fourth-order valence-corrected chi connectivity index (χ4v) is 2.57. The summed E-state index contributed by atoms with van der Waals surface area (Å²) >= 11 is 7.31. The lowest BCUT2D eigenvalue weighted by atomic mass is 10.3. The predicted molar refractivity (Wildman–Crippen MR) is 78.8 cm³/mol. The lowest BCUT2D eigenvalue weighted by Crippen LogP contribution is -2.13. The van der Waals surface area contributed by atoms with Crippen LogP contribution in [0.4, 0.5) is 5.69 Å². The molecule has 1 rings (SSSR count). The Balaban J connectivity index is 2.53. The van der Waals surface area contributed by atoms with Crippen molar-refractivity contribution < 1.29 is 4.79 Å². The molecule has 1 aromatic carbocycles. The van der Waals surface area contributed by atoms with E-state index in [4.69, 9.17) is 11.6 Å². The minimum absolute atomic E-state index is 0.293. The Morgan fingerprint density at radius 1 is 1.29 bits per heavy atom. The van der Waals surface area contributed by atoms with Crippen LogP contribution in [0, 0.1) is 11.2 Å². The Labute approximate surface area is 112 Å². The molecule has 0 radical (unpaired) electrons. The van der Waals surface area contributed by atoms with E-state index < -0.39 is 7.22 Å². The third kappa shape index (κ3) is 6.42. The molecule has 90 valence electrons. The summed E-state index contributed by atoms with van der Waals surface area (Å²) in [6.07, 6.45) is 0. The van der Waals surface area contributed by atoms with Crippen LogP contribution in [0.25, 0.3) is 0 Å². The first-order valence-electron chi connectivity index (χ1n) is 5.12. The van der Waals surface area contributed by atoms with Crippen LogP contribution in [0.5, 0.6) is 0 Å². The molecule has 0 bridgehead atoms. The van der Waals surface area contributed by atoms with Gasteiger partial charge < -0.3 is 5.32 Å². The predicted octanol–water partition coefficient (Wildman–Crippen LogP) is 3.81. The van der Waals surface area contributed by atoms with E-state index in [1.807, 2.05) is 0 Å². The maximum atomic E-state index is 11.5. The fraction of sp³-hybridized carbons (Fsp3) is 0.250. The quantitative estimate of drug-likeness (QED) is 0.661. The summed E-state index contributed by atoms with van der Waals surface area (Å²) in [5.41, 5.74) is 0.701. The molecule has 5 heteroatoms. The Kier molecular flexibility index (Phi) is 5.13. The Hall–Kier alpha value is -0.893. The van der Waals surface area contributed by atoms with E-state index in [0.717, 1.165) is 0 Å². The van der Waals surface area contributed by atoms with Gasteiger partial charge in [0.2, 0.25) is 0 Å². The van der Waals surface area contributed by atoms with Crippen molar-refractivity contribution in [2.45, 2.75) is 19.6 Å². The second-order valence-corrected chi connectivity index (χ2v) is 13.8. The van der Waals surface area contributed by atoms with E-state index in [9.17, 15) is 4.79 Å². The van der Waals surface area contributed by atoms with Gasteiger partial charge in [-0.1, -0.05) is 31.2 Å². The molecule has 0 heterocycles. The molecule has 0 saturated carbocycles. The molecule has 0 spiro atoms. The number of benzene rings is 1. The molecule has 0 aliphatic heterocycles. The van der Waals surface area contributed by atoms with Gasteiger partial charge in [0.15, 0.2) is 0 Å². The van der Waals surface area contributed by atoms with Gasteiger partial charge in [0.05, 0.1) is 0 Å². The van der Waals surface area contributed by atoms with Crippen molar-refractivity contribution in [1.29, 1.82) is 0 Å². The largest absolute Gasteiger partial charge is 0.315 e. The summed E-state index contributed by atoms with van der Waals surface area (Å²) in [4.78, 5) is 11.5. The van der Waals surface area contributed by atoms with Crippen molar-refractivity contribution in [2.75, 3.05) is 5.32 Å². The van der Waals surface area contributed by atoms with Crippen molar-refractivity contribution in [3.8, 4) is 11.2 Å². The van der Waals surface area contributed by atoms with Gasteiger partial charge in [-0.3, -0.25) is 4.79 Å².